The third kappa shape index (κ3) is 4.75. The average molecular weight is 405 g/mol. The van der Waals surface area contributed by atoms with Crippen LogP contribution in [-0.4, -0.2) is 15.7 Å². The number of anilines is 1. The second-order valence-electron chi connectivity index (χ2n) is 6.82. The van der Waals surface area contributed by atoms with Crippen LogP contribution in [0.1, 0.15) is 27.4 Å². The molecule has 0 aliphatic rings. The Balaban J connectivity index is 1.34. The number of hydrogen-bond donors (Lipinski definition) is 1. The molecule has 6 nitrogen and oxygen atoms in total. The Hall–Kier alpha value is -3.87. The molecule has 0 saturated carbocycles. The first-order valence-corrected chi connectivity index (χ1v) is 9.42. The van der Waals surface area contributed by atoms with E-state index in [0.717, 1.165) is 5.56 Å². The molecule has 0 aliphatic heterocycles. The van der Waals surface area contributed by atoms with Crippen molar-refractivity contribution in [3.05, 3.63) is 102 Å². The van der Waals surface area contributed by atoms with Gasteiger partial charge >= 0.3 is 0 Å². The number of benzene rings is 2. The molecule has 30 heavy (non-hydrogen) atoms. The SMILES string of the molecule is Cc1ccccc1Cn1cc(NC(=O)c2ccc(COc3ccc(F)cc3)o2)cn1. The highest BCUT2D eigenvalue weighted by Gasteiger charge is 2.13. The molecule has 2 aromatic heterocycles. The van der Waals surface area contributed by atoms with Gasteiger partial charge in [-0.3, -0.25) is 9.48 Å². The number of nitrogens with one attached hydrogen (secondary N) is 1. The number of rotatable bonds is 7. The summed E-state index contributed by atoms with van der Waals surface area (Å²) in [7, 11) is 0. The molecule has 4 rings (SSSR count). The largest absolute Gasteiger partial charge is 0.486 e. The normalized spacial score (nSPS) is 10.7. The molecule has 0 bridgehead atoms. The molecule has 1 N–H and O–H groups in total. The predicted molar refractivity (Wildman–Crippen MR) is 110 cm³/mol. The van der Waals surface area contributed by atoms with Gasteiger partial charge in [-0.1, -0.05) is 24.3 Å². The van der Waals surface area contributed by atoms with Crippen LogP contribution in [0.25, 0.3) is 0 Å². The van der Waals surface area contributed by atoms with Gasteiger partial charge < -0.3 is 14.5 Å². The van der Waals surface area contributed by atoms with E-state index >= 15 is 0 Å². The Morgan fingerprint density at radius 3 is 2.73 bits per heavy atom. The maximum atomic E-state index is 12.9. The van der Waals surface area contributed by atoms with E-state index in [0.29, 0.717) is 23.7 Å². The van der Waals surface area contributed by atoms with Crippen molar-refractivity contribution in [2.24, 2.45) is 0 Å². The second-order valence-corrected chi connectivity index (χ2v) is 6.82. The standard InChI is InChI=1S/C23H20FN3O3/c1-16-4-2-3-5-17(16)13-27-14-19(12-25-27)26-23(28)22-11-10-21(30-22)15-29-20-8-6-18(24)7-9-20/h2-12,14H,13,15H2,1H3,(H,26,28). The molecule has 0 fully saturated rings. The predicted octanol–water partition coefficient (Wildman–Crippen LogP) is 4.80. The van der Waals surface area contributed by atoms with Gasteiger partial charge in [0.1, 0.15) is 23.9 Å². The highest BCUT2D eigenvalue weighted by molar-refractivity contribution is 6.02. The summed E-state index contributed by atoms with van der Waals surface area (Å²) < 4.78 is 25.8. The summed E-state index contributed by atoms with van der Waals surface area (Å²) in [6, 6.07) is 17.0. The fraction of sp³-hybridized carbons (Fsp3) is 0.130. The lowest BCUT2D eigenvalue weighted by atomic mass is 10.1. The number of ether oxygens (including phenoxy) is 1. The number of carbonyl (C=O) groups is 1. The number of amides is 1. The summed E-state index contributed by atoms with van der Waals surface area (Å²) in [4.78, 5) is 12.4. The molecule has 4 aromatic rings. The molecule has 0 atom stereocenters. The Labute approximate surface area is 172 Å². The summed E-state index contributed by atoms with van der Waals surface area (Å²) in [5.74, 6) is 0.457. The zero-order valence-corrected chi connectivity index (χ0v) is 16.3. The van der Waals surface area contributed by atoms with Gasteiger partial charge in [0, 0.05) is 6.20 Å². The molecule has 0 saturated heterocycles. The summed E-state index contributed by atoms with van der Waals surface area (Å²) >= 11 is 0. The van der Waals surface area contributed by atoms with Crippen LogP contribution in [0.3, 0.4) is 0 Å². The van der Waals surface area contributed by atoms with E-state index in [9.17, 15) is 9.18 Å². The summed E-state index contributed by atoms with van der Waals surface area (Å²) in [6.45, 7) is 2.80. The molecule has 0 aliphatic carbocycles. The topological polar surface area (TPSA) is 69.3 Å². The lowest BCUT2D eigenvalue weighted by Gasteiger charge is -2.05. The van der Waals surface area contributed by atoms with Crippen molar-refractivity contribution in [1.82, 2.24) is 9.78 Å². The molecular weight excluding hydrogens is 385 g/mol. The van der Waals surface area contributed by atoms with Gasteiger partial charge in [-0.25, -0.2) is 4.39 Å². The number of furan rings is 1. The van der Waals surface area contributed by atoms with Gasteiger partial charge in [0.2, 0.25) is 0 Å². The molecule has 2 aromatic carbocycles. The van der Waals surface area contributed by atoms with Crippen molar-refractivity contribution < 1.29 is 18.3 Å². The van der Waals surface area contributed by atoms with Crippen LogP contribution in [0.2, 0.25) is 0 Å². The second kappa shape index (κ2) is 8.65. The highest BCUT2D eigenvalue weighted by atomic mass is 19.1. The minimum atomic E-state index is -0.376. The summed E-state index contributed by atoms with van der Waals surface area (Å²) in [6.07, 6.45) is 3.36. The van der Waals surface area contributed by atoms with E-state index in [1.54, 1.807) is 29.2 Å². The maximum Gasteiger partial charge on any atom is 0.291 e. The Morgan fingerprint density at radius 2 is 1.93 bits per heavy atom. The van der Waals surface area contributed by atoms with Crippen LogP contribution in [-0.2, 0) is 13.2 Å². The van der Waals surface area contributed by atoms with E-state index in [2.05, 4.69) is 23.4 Å². The van der Waals surface area contributed by atoms with Crippen molar-refractivity contribution in [3.63, 3.8) is 0 Å². The van der Waals surface area contributed by atoms with Gasteiger partial charge in [-0.05, 0) is 54.4 Å². The molecule has 0 radical (unpaired) electrons. The van der Waals surface area contributed by atoms with Crippen molar-refractivity contribution in [2.75, 3.05) is 5.32 Å². The molecule has 152 valence electrons. The monoisotopic (exact) mass is 405 g/mol. The molecule has 1 amide bonds. The lowest BCUT2D eigenvalue weighted by molar-refractivity contribution is 0.0992. The van der Waals surface area contributed by atoms with E-state index in [4.69, 9.17) is 9.15 Å². The number of halogens is 1. The minimum Gasteiger partial charge on any atom is -0.486 e. The van der Waals surface area contributed by atoms with Crippen LogP contribution in [0.4, 0.5) is 10.1 Å². The number of hydrogen-bond acceptors (Lipinski definition) is 4. The molecule has 0 spiro atoms. The molecular formula is C23H20FN3O3. The maximum absolute atomic E-state index is 12.9. The smallest absolute Gasteiger partial charge is 0.291 e. The van der Waals surface area contributed by atoms with Crippen molar-refractivity contribution in [1.29, 1.82) is 0 Å². The first-order chi connectivity index (χ1) is 14.6. The van der Waals surface area contributed by atoms with E-state index < -0.39 is 0 Å². The number of carbonyl (C=O) groups excluding carboxylic acids is 1. The number of aromatic nitrogens is 2. The van der Waals surface area contributed by atoms with Crippen LogP contribution in [0.15, 0.2) is 77.5 Å². The fourth-order valence-corrected chi connectivity index (χ4v) is 2.93. The summed E-state index contributed by atoms with van der Waals surface area (Å²) in [5.41, 5.74) is 2.92. The van der Waals surface area contributed by atoms with Crippen LogP contribution < -0.4 is 10.1 Å². The third-order valence-electron chi connectivity index (χ3n) is 4.56. The first kappa shape index (κ1) is 19.4. The highest BCUT2D eigenvalue weighted by Crippen LogP contribution is 2.17. The quantitative estimate of drug-likeness (QED) is 0.479. The van der Waals surface area contributed by atoms with Crippen molar-refractivity contribution in [2.45, 2.75) is 20.1 Å². The van der Waals surface area contributed by atoms with Gasteiger partial charge in [0.05, 0.1) is 18.4 Å². The number of aryl methyl sites for hydroxylation is 1. The molecule has 7 heteroatoms. The van der Waals surface area contributed by atoms with Gasteiger partial charge in [-0.2, -0.15) is 5.10 Å². The van der Waals surface area contributed by atoms with Gasteiger partial charge in [0.25, 0.3) is 5.91 Å². The van der Waals surface area contributed by atoms with Crippen molar-refractivity contribution in [3.8, 4) is 5.75 Å². The third-order valence-corrected chi connectivity index (χ3v) is 4.56. The van der Waals surface area contributed by atoms with E-state index in [1.165, 1.54) is 29.8 Å². The molecule has 0 unspecified atom stereocenters. The lowest BCUT2D eigenvalue weighted by Crippen LogP contribution is -2.10. The molecule has 2 heterocycles. The first-order valence-electron chi connectivity index (χ1n) is 9.42. The van der Waals surface area contributed by atoms with Crippen LogP contribution >= 0.6 is 0 Å². The number of nitrogens with zero attached hydrogens (tertiary/aromatic N) is 2. The Bertz CT molecular complexity index is 1150. The van der Waals surface area contributed by atoms with Gasteiger partial charge in [-0.15, -0.1) is 0 Å². The van der Waals surface area contributed by atoms with Crippen LogP contribution in [0, 0.1) is 12.7 Å². The average Bonchev–Trinajstić information content (AvgIpc) is 3.39. The fourth-order valence-electron chi connectivity index (χ4n) is 2.93. The zero-order chi connectivity index (χ0) is 20.9. The van der Waals surface area contributed by atoms with E-state index in [1.807, 2.05) is 18.2 Å². The van der Waals surface area contributed by atoms with Crippen molar-refractivity contribution >= 4 is 11.6 Å². The Morgan fingerprint density at radius 1 is 1.13 bits per heavy atom. The minimum absolute atomic E-state index is 0.132. The van der Waals surface area contributed by atoms with Gasteiger partial charge in [0.15, 0.2) is 5.76 Å². The van der Waals surface area contributed by atoms with E-state index in [-0.39, 0.29) is 24.1 Å². The zero-order valence-electron chi connectivity index (χ0n) is 16.3. The van der Waals surface area contributed by atoms with Crippen LogP contribution in [0.5, 0.6) is 5.75 Å². The Kier molecular flexibility index (Phi) is 5.61. The summed E-state index contributed by atoms with van der Waals surface area (Å²) in [5, 5.41) is 7.07.